The number of fused-ring (bicyclic) bond motifs is 1. The Labute approximate surface area is 125 Å². The van der Waals surface area contributed by atoms with Gasteiger partial charge in [-0.3, -0.25) is 4.79 Å². The van der Waals surface area contributed by atoms with Gasteiger partial charge in [0, 0.05) is 5.56 Å². The number of carbonyl (C=O) groups is 1. The molecule has 6 heteroatoms. The van der Waals surface area contributed by atoms with Gasteiger partial charge in [-0.1, -0.05) is 12.1 Å². The molecule has 0 saturated carbocycles. The fourth-order valence-electron chi connectivity index (χ4n) is 2.20. The second kappa shape index (κ2) is 5.33. The maximum atomic E-state index is 12.1. The van der Waals surface area contributed by atoms with Crippen LogP contribution in [0.1, 0.15) is 10.4 Å². The van der Waals surface area contributed by atoms with Crippen molar-refractivity contribution in [2.75, 3.05) is 7.11 Å². The van der Waals surface area contributed by atoms with Crippen LogP contribution in [0.15, 0.2) is 47.3 Å². The topological polar surface area (TPSA) is 92.3 Å². The number of carboxylic acid groups (broad SMARTS) is 1. The van der Waals surface area contributed by atoms with E-state index in [1.54, 1.807) is 30.3 Å². The minimum Gasteiger partial charge on any atom is -0.497 e. The summed E-state index contributed by atoms with van der Waals surface area (Å²) < 4.78 is 5.10. The van der Waals surface area contributed by atoms with Crippen LogP contribution in [0.5, 0.6) is 5.75 Å². The number of aromatic carboxylic acids is 1. The Morgan fingerprint density at radius 3 is 2.73 bits per heavy atom. The zero-order valence-corrected chi connectivity index (χ0v) is 11.7. The van der Waals surface area contributed by atoms with E-state index >= 15 is 0 Å². The summed E-state index contributed by atoms with van der Waals surface area (Å²) in [4.78, 5) is 30.3. The number of H-pyrrole nitrogens is 1. The fraction of sp³-hybridized carbons (Fsp3) is 0.0625. The Morgan fingerprint density at radius 1 is 1.23 bits per heavy atom. The molecule has 0 radical (unpaired) electrons. The van der Waals surface area contributed by atoms with Gasteiger partial charge in [0.2, 0.25) is 0 Å². The van der Waals surface area contributed by atoms with Crippen LogP contribution in [0.2, 0.25) is 0 Å². The highest BCUT2D eigenvalue weighted by Gasteiger charge is 2.11. The number of ether oxygens (including phenoxy) is 1. The molecule has 0 bridgehead atoms. The first-order valence-electron chi connectivity index (χ1n) is 6.50. The van der Waals surface area contributed by atoms with Crippen LogP contribution in [-0.2, 0) is 0 Å². The molecule has 0 atom stereocenters. The summed E-state index contributed by atoms with van der Waals surface area (Å²) >= 11 is 0. The van der Waals surface area contributed by atoms with Crippen molar-refractivity contribution in [3.63, 3.8) is 0 Å². The molecule has 2 N–H and O–H groups in total. The van der Waals surface area contributed by atoms with Crippen LogP contribution in [0.25, 0.3) is 22.3 Å². The van der Waals surface area contributed by atoms with Gasteiger partial charge in [0.25, 0.3) is 5.56 Å². The van der Waals surface area contributed by atoms with E-state index in [-0.39, 0.29) is 11.1 Å². The number of hydrogen-bond donors (Lipinski definition) is 2. The van der Waals surface area contributed by atoms with Gasteiger partial charge >= 0.3 is 5.97 Å². The second-order valence-corrected chi connectivity index (χ2v) is 4.69. The molecule has 1 heterocycles. The lowest BCUT2D eigenvalue weighted by molar-refractivity contribution is 0.0696. The summed E-state index contributed by atoms with van der Waals surface area (Å²) in [6.07, 6.45) is 0. The Balaban J connectivity index is 2.25. The number of methoxy groups -OCH3 is 1. The molecule has 0 aliphatic carbocycles. The van der Waals surface area contributed by atoms with Gasteiger partial charge in [-0.2, -0.15) is 0 Å². The maximum Gasteiger partial charge on any atom is 0.335 e. The number of nitrogens with zero attached hydrogens (tertiary/aromatic N) is 1. The van der Waals surface area contributed by atoms with Crippen LogP contribution < -0.4 is 10.3 Å². The molecule has 22 heavy (non-hydrogen) atoms. The minimum absolute atomic E-state index is 0.0603. The van der Waals surface area contributed by atoms with Crippen molar-refractivity contribution in [2.45, 2.75) is 0 Å². The fourth-order valence-corrected chi connectivity index (χ4v) is 2.20. The summed E-state index contributed by atoms with van der Waals surface area (Å²) in [7, 11) is 1.45. The van der Waals surface area contributed by atoms with E-state index in [2.05, 4.69) is 9.97 Å². The molecule has 110 valence electrons. The molecular formula is C16H12N2O4. The standard InChI is InChI=1S/C16H12N2O4/c1-22-11-7-9(6-10(8-11)16(20)21)14-17-13-5-3-2-4-12(13)15(19)18-14/h2-8H,1H3,(H,20,21)(H,17,18,19). The minimum atomic E-state index is -1.08. The highest BCUT2D eigenvalue weighted by Crippen LogP contribution is 2.24. The zero-order valence-electron chi connectivity index (χ0n) is 11.7. The van der Waals surface area contributed by atoms with E-state index in [0.29, 0.717) is 28.0 Å². The lowest BCUT2D eigenvalue weighted by atomic mass is 10.1. The maximum absolute atomic E-state index is 12.1. The average molecular weight is 296 g/mol. The second-order valence-electron chi connectivity index (χ2n) is 4.69. The van der Waals surface area contributed by atoms with Gasteiger partial charge in [-0.25, -0.2) is 9.78 Å². The number of hydrogen-bond acceptors (Lipinski definition) is 4. The normalized spacial score (nSPS) is 10.6. The SMILES string of the molecule is COc1cc(C(=O)O)cc(-c2nc3ccccc3c(=O)[nH]2)c1. The summed E-state index contributed by atoms with van der Waals surface area (Å²) in [5.74, 6) is -0.404. The van der Waals surface area contributed by atoms with Gasteiger partial charge in [0.15, 0.2) is 0 Å². The number of carboxylic acids is 1. The van der Waals surface area contributed by atoms with E-state index in [1.165, 1.54) is 19.2 Å². The number of nitrogens with one attached hydrogen (secondary N) is 1. The number of para-hydroxylation sites is 1. The predicted molar refractivity (Wildman–Crippen MR) is 81.3 cm³/mol. The molecule has 3 aromatic rings. The third kappa shape index (κ3) is 2.42. The Bertz CT molecular complexity index is 931. The van der Waals surface area contributed by atoms with Crippen LogP contribution in [0.4, 0.5) is 0 Å². The van der Waals surface area contributed by atoms with Gasteiger partial charge in [0.1, 0.15) is 11.6 Å². The number of benzene rings is 2. The molecule has 0 saturated heterocycles. The van der Waals surface area contributed by atoms with Crippen molar-refractivity contribution >= 4 is 16.9 Å². The zero-order chi connectivity index (χ0) is 15.7. The average Bonchev–Trinajstić information content (AvgIpc) is 2.54. The number of aromatic amines is 1. The third-order valence-corrected chi connectivity index (χ3v) is 3.28. The largest absolute Gasteiger partial charge is 0.497 e. The number of aromatic nitrogens is 2. The van der Waals surface area contributed by atoms with Crippen LogP contribution in [0.3, 0.4) is 0 Å². The molecule has 0 amide bonds. The monoisotopic (exact) mass is 296 g/mol. The van der Waals surface area contributed by atoms with Crippen molar-refractivity contribution in [3.05, 3.63) is 58.4 Å². The van der Waals surface area contributed by atoms with Crippen molar-refractivity contribution in [2.24, 2.45) is 0 Å². The molecule has 0 aliphatic heterocycles. The van der Waals surface area contributed by atoms with E-state index in [1.807, 2.05) is 0 Å². The Kier molecular flexibility index (Phi) is 3.34. The first-order chi connectivity index (χ1) is 10.6. The molecular weight excluding hydrogens is 284 g/mol. The molecule has 0 fully saturated rings. The molecule has 0 aliphatic rings. The van der Waals surface area contributed by atoms with Crippen molar-refractivity contribution in [1.82, 2.24) is 9.97 Å². The summed E-state index contributed by atoms with van der Waals surface area (Å²) in [6.45, 7) is 0. The molecule has 6 nitrogen and oxygen atoms in total. The Hall–Kier alpha value is -3.15. The number of rotatable bonds is 3. The smallest absolute Gasteiger partial charge is 0.335 e. The highest BCUT2D eigenvalue weighted by molar-refractivity contribution is 5.90. The molecule has 1 aromatic heterocycles. The molecule has 3 rings (SSSR count). The highest BCUT2D eigenvalue weighted by atomic mass is 16.5. The van der Waals surface area contributed by atoms with E-state index in [0.717, 1.165) is 0 Å². The lowest BCUT2D eigenvalue weighted by Gasteiger charge is -2.07. The van der Waals surface area contributed by atoms with Crippen molar-refractivity contribution < 1.29 is 14.6 Å². The molecule has 0 unspecified atom stereocenters. The van der Waals surface area contributed by atoms with Crippen LogP contribution >= 0.6 is 0 Å². The van der Waals surface area contributed by atoms with Crippen LogP contribution in [-0.4, -0.2) is 28.2 Å². The Morgan fingerprint density at radius 2 is 2.00 bits per heavy atom. The van der Waals surface area contributed by atoms with Gasteiger partial charge in [-0.15, -0.1) is 0 Å². The predicted octanol–water partition coefficient (Wildman–Crippen LogP) is 2.30. The first-order valence-corrected chi connectivity index (χ1v) is 6.50. The molecule has 0 spiro atoms. The van der Waals surface area contributed by atoms with Crippen molar-refractivity contribution in [1.29, 1.82) is 0 Å². The summed E-state index contributed by atoms with van der Waals surface area (Å²) in [5.41, 5.74) is 0.797. The lowest BCUT2D eigenvalue weighted by Crippen LogP contribution is -2.09. The van der Waals surface area contributed by atoms with Gasteiger partial charge < -0.3 is 14.8 Å². The van der Waals surface area contributed by atoms with Gasteiger partial charge in [-0.05, 0) is 30.3 Å². The van der Waals surface area contributed by atoms with E-state index in [4.69, 9.17) is 9.84 Å². The van der Waals surface area contributed by atoms with Crippen molar-refractivity contribution in [3.8, 4) is 17.1 Å². The summed E-state index contributed by atoms with van der Waals surface area (Å²) in [6, 6.07) is 11.4. The van der Waals surface area contributed by atoms with E-state index in [9.17, 15) is 9.59 Å². The quantitative estimate of drug-likeness (QED) is 0.773. The van der Waals surface area contributed by atoms with E-state index < -0.39 is 5.97 Å². The van der Waals surface area contributed by atoms with Crippen LogP contribution in [0, 0.1) is 0 Å². The summed E-state index contributed by atoms with van der Waals surface area (Å²) in [5, 5.41) is 9.63. The van der Waals surface area contributed by atoms with Gasteiger partial charge in [0.05, 0.1) is 23.6 Å². The third-order valence-electron chi connectivity index (χ3n) is 3.28. The first kappa shape index (κ1) is 13.8. The molecule has 2 aromatic carbocycles.